The van der Waals surface area contributed by atoms with Gasteiger partial charge in [0.2, 0.25) is 0 Å². The number of halogens is 5. The van der Waals surface area contributed by atoms with Crippen molar-refractivity contribution in [1.29, 1.82) is 0 Å². The number of methoxy groups -OCH3 is 1. The van der Waals surface area contributed by atoms with Crippen molar-refractivity contribution in [2.75, 3.05) is 20.7 Å². The minimum Gasteiger partial charge on any atom is -0.497 e. The predicted octanol–water partition coefficient (Wildman–Crippen LogP) is 2.91. The molecule has 10 heteroatoms. The lowest BCUT2D eigenvalue weighted by molar-refractivity contribution is -0.132. The summed E-state index contributed by atoms with van der Waals surface area (Å²) in [5, 5.41) is 5.21. The Bertz CT molecular complexity index is 550. The van der Waals surface area contributed by atoms with Gasteiger partial charge in [-0.15, -0.1) is 0 Å². The van der Waals surface area contributed by atoms with Crippen molar-refractivity contribution in [3.63, 3.8) is 0 Å². The minimum atomic E-state index is -4.28. The van der Waals surface area contributed by atoms with Crippen LogP contribution >= 0.6 is 0 Å². The fourth-order valence-corrected chi connectivity index (χ4v) is 1.74. The molecule has 0 atom stereocenters. The first-order valence-electron chi connectivity index (χ1n) is 6.88. The fraction of sp³-hybridized carbons (Fsp3) is 0.500. The van der Waals surface area contributed by atoms with Gasteiger partial charge in [0.15, 0.2) is 5.96 Å². The highest BCUT2D eigenvalue weighted by Crippen LogP contribution is 2.26. The van der Waals surface area contributed by atoms with Crippen LogP contribution in [0.1, 0.15) is 12.0 Å². The second kappa shape index (κ2) is 9.14. The van der Waals surface area contributed by atoms with Crippen LogP contribution < -0.4 is 20.1 Å². The molecule has 5 nitrogen and oxygen atoms in total. The number of rotatable bonds is 7. The van der Waals surface area contributed by atoms with Crippen LogP contribution in [-0.4, -0.2) is 39.4 Å². The Morgan fingerprint density at radius 2 is 1.96 bits per heavy atom. The summed E-state index contributed by atoms with van der Waals surface area (Å²) in [6.45, 7) is -3.34. The zero-order chi connectivity index (χ0) is 18.2. The molecule has 1 aromatic rings. The van der Waals surface area contributed by atoms with Crippen molar-refractivity contribution >= 4 is 5.96 Å². The van der Waals surface area contributed by atoms with Gasteiger partial charge < -0.3 is 20.1 Å². The molecule has 0 spiro atoms. The number of nitrogens with zero attached hydrogens (tertiary/aromatic N) is 1. The van der Waals surface area contributed by atoms with E-state index in [-0.39, 0.29) is 24.8 Å². The molecule has 0 fully saturated rings. The molecular formula is C14H18F5N3O2. The monoisotopic (exact) mass is 355 g/mol. The summed E-state index contributed by atoms with van der Waals surface area (Å²) in [6.07, 6.45) is -5.30. The van der Waals surface area contributed by atoms with Gasteiger partial charge in [-0.3, -0.25) is 4.99 Å². The molecular weight excluding hydrogens is 337 g/mol. The summed E-state index contributed by atoms with van der Waals surface area (Å²) in [4.78, 5) is 3.76. The number of alkyl halides is 5. The number of hydrogen-bond acceptors (Lipinski definition) is 3. The van der Waals surface area contributed by atoms with Crippen molar-refractivity contribution in [1.82, 2.24) is 10.6 Å². The second-order valence-electron chi connectivity index (χ2n) is 4.57. The van der Waals surface area contributed by atoms with Gasteiger partial charge in [-0.05, 0) is 12.1 Å². The van der Waals surface area contributed by atoms with Crippen LogP contribution in [0.25, 0.3) is 0 Å². The van der Waals surface area contributed by atoms with E-state index in [1.165, 1.54) is 26.3 Å². The predicted molar refractivity (Wildman–Crippen MR) is 78.5 cm³/mol. The summed E-state index contributed by atoms with van der Waals surface area (Å²) in [5.41, 5.74) is 0.370. The molecule has 0 radical (unpaired) electrons. The topological polar surface area (TPSA) is 54.9 Å². The smallest absolute Gasteiger partial charge is 0.390 e. The Hall–Kier alpha value is -2.26. The lowest BCUT2D eigenvalue weighted by Gasteiger charge is -2.15. The number of ether oxygens (including phenoxy) is 2. The quantitative estimate of drug-likeness (QED) is 0.449. The maximum absolute atomic E-state index is 12.5. The van der Waals surface area contributed by atoms with E-state index in [2.05, 4.69) is 20.4 Å². The third-order valence-electron chi connectivity index (χ3n) is 2.86. The number of benzene rings is 1. The largest absolute Gasteiger partial charge is 0.497 e. The van der Waals surface area contributed by atoms with Crippen LogP contribution in [-0.2, 0) is 6.54 Å². The van der Waals surface area contributed by atoms with Gasteiger partial charge in [0.05, 0.1) is 13.5 Å². The maximum Gasteiger partial charge on any atom is 0.390 e. The molecule has 0 unspecified atom stereocenters. The Kier molecular flexibility index (Phi) is 7.53. The van der Waals surface area contributed by atoms with E-state index < -0.39 is 19.2 Å². The molecule has 1 aromatic carbocycles. The third kappa shape index (κ3) is 7.34. The second-order valence-corrected chi connectivity index (χ2v) is 4.57. The molecule has 0 saturated carbocycles. The van der Waals surface area contributed by atoms with Gasteiger partial charge in [-0.1, -0.05) is 0 Å². The highest BCUT2D eigenvalue weighted by atomic mass is 19.4. The standard InChI is InChI=1S/C14H18F5N3O2/c1-20-13(21-6-5-14(17,18)19)22-8-9-3-4-10(23-2)7-11(9)24-12(15)16/h3-4,7,12H,5-6,8H2,1-2H3,(H2,20,21,22). The van der Waals surface area contributed by atoms with Crippen molar-refractivity contribution in [3.05, 3.63) is 23.8 Å². The molecule has 24 heavy (non-hydrogen) atoms. The fourth-order valence-electron chi connectivity index (χ4n) is 1.74. The van der Waals surface area contributed by atoms with Crippen LogP contribution in [0.3, 0.4) is 0 Å². The SMILES string of the molecule is CN=C(NCCC(F)(F)F)NCc1ccc(OC)cc1OC(F)F. The van der Waals surface area contributed by atoms with E-state index in [0.29, 0.717) is 11.3 Å². The van der Waals surface area contributed by atoms with Crippen molar-refractivity contribution in [2.24, 2.45) is 4.99 Å². The molecule has 0 saturated heterocycles. The normalized spacial score (nSPS) is 12.2. The van der Waals surface area contributed by atoms with E-state index >= 15 is 0 Å². The molecule has 0 amide bonds. The number of hydrogen-bond donors (Lipinski definition) is 2. The van der Waals surface area contributed by atoms with E-state index in [0.717, 1.165) is 0 Å². The molecule has 0 heterocycles. The Balaban J connectivity index is 2.67. The first kappa shape index (κ1) is 19.8. The molecule has 0 aliphatic carbocycles. The average molecular weight is 355 g/mol. The first-order chi connectivity index (χ1) is 11.2. The molecule has 0 aliphatic heterocycles. The van der Waals surface area contributed by atoms with E-state index in [1.54, 1.807) is 6.07 Å². The Morgan fingerprint density at radius 1 is 1.25 bits per heavy atom. The highest BCUT2D eigenvalue weighted by Gasteiger charge is 2.26. The molecule has 0 bridgehead atoms. The number of nitrogens with one attached hydrogen (secondary N) is 2. The van der Waals surface area contributed by atoms with Crippen LogP contribution in [0.2, 0.25) is 0 Å². The summed E-state index contributed by atoms with van der Waals surface area (Å²) in [7, 11) is 2.76. The van der Waals surface area contributed by atoms with Crippen LogP contribution in [0, 0.1) is 0 Å². The Labute approximate surface area is 135 Å². The summed E-state index contributed by atoms with van der Waals surface area (Å²) < 4.78 is 70.6. The van der Waals surface area contributed by atoms with Gasteiger partial charge in [0.1, 0.15) is 11.5 Å². The molecule has 136 valence electrons. The molecule has 0 aliphatic rings. The van der Waals surface area contributed by atoms with Crippen LogP contribution in [0.4, 0.5) is 22.0 Å². The van der Waals surface area contributed by atoms with Crippen molar-refractivity contribution in [3.8, 4) is 11.5 Å². The number of guanidine groups is 1. The summed E-state index contributed by atoms with van der Waals surface area (Å²) in [6, 6.07) is 4.35. The van der Waals surface area contributed by atoms with Gasteiger partial charge >= 0.3 is 12.8 Å². The van der Waals surface area contributed by atoms with Crippen molar-refractivity contribution < 1.29 is 31.4 Å². The zero-order valence-corrected chi connectivity index (χ0v) is 13.1. The van der Waals surface area contributed by atoms with E-state index in [9.17, 15) is 22.0 Å². The van der Waals surface area contributed by atoms with Gasteiger partial charge in [-0.25, -0.2) is 0 Å². The molecule has 1 rings (SSSR count). The first-order valence-corrected chi connectivity index (χ1v) is 6.88. The van der Waals surface area contributed by atoms with E-state index in [4.69, 9.17) is 4.74 Å². The molecule has 0 aromatic heterocycles. The van der Waals surface area contributed by atoms with Gasteiger partial charge in [0.25, 0.3) is 0 Å². The zero-order valence-electron chi connectivity index (χ0n) is 13.1. The maximum atomic E-state index is 12.5. The minimum absolute atomic E-state index is 0.0255. The average Bonchev–Trinajstić information content (AvgIpc) is 2.49. The lowest BCUT2D eigenvalue weighted by atomic mass is 10.2. The third-order valence-corrected chi connectivity index (χ3v) is 2.86. The Morgan fingerprint density at radius 3 is 2.50 bits per heavy atom. The summed E-state index contributed by atoms with van der Waals surface area (Å²) in [5.74, 6) is 0.350. The number of aliphatic imine (C=N–C) groups is 1. The van der Waals surface area contributed by atoms with Crippen LogP contribution in [0.15, 0.2) is 23.2 Å². The van der Waals surface area contributed by atoms with Crippen molar-refractivity contribution in [2.45, 2.75) is 25.8 Å². The van der Waals surface area contributed by atoms with Gasteiger partial charge in [-0.2, -0.15) is 22.0 Å². The summed E-state index contributed by atoms with van der Waals surface area (Å²) >= 11 is 0. The van der Waals surface area contributed by atoms with Gasteiger partial charge in [0, 0.05) is 31.8 Å². The highest BCUT2D eigenvalue weighted by molar-refractivity contribution is 5.79. The van der Waals surface area contributed by atoms with E-state index in [1.807, 2.05) is 0 Å². The lowest BCUT2D eigenvalue weighted by Crippen LogP contribution is -2.38. The van der Waals surface area contributed by atoms with Crippen LogP contribution in [0.5, 0.6) is 11.5 Å². The molecule has 2 N–H and O–H groups in total.